The molecule has 0 radical (unpaired) electrons. The number of hydrogen-bond donors (Lipinski definition) is 1. The van der Waals surface area contributed by atoms with Crippen LogP contribution in [-0.2, 0) is 16.4 Å². The molecule has 0 saturated heterocycles. The summed E-state index contributed by atoms with van der Waals surface area (Å²) in [6, 6.07) is 4.29. The Morgan fingerprint density at radius 3 is 2.30 bits per heavy atom. The van der Waals surface area contributed by atoms with E-state index in [1.165, 1.54) is 18.2 Å². The third-order valence-corrected chi connectivity index (χ3v) is 5.20. The zero-order chi connectivity index (χ0) is 14.7. The summed E-state index contributed by atoms with van der Waals surface area (Å²) in [7, 11) is -3.64. The van der Waals surface area contributed by atoms with E-state index in [9.17, 15) is 18.3 Å². The summed E-state index contributed by atoms with van der Waals surface area (Å²) in [6.45, 7) is 0.0192. The third-order valence-electron chi connectivity index (χ3n) is 3.05. The lowest BCUT2D eigenvalue weighted by Crippen LogP contribution is -2.22. The lowest BCUT2D eigenvalue weighted by Gasteiger charge is -2.05. The Morgan fingerprint density at radius 1 is 1.15 bits per heavy atom. The summed E-state index contributed by atoms with van der Waals surface area (Å²) in [4.78, 5) is 12.2. The average Bonchev–Trinajstić information content (AvgIpc) is 2.76. The molecule has 2 heterocycles. The first kappa shape index (κ1) is 13.5. The molecule has 9 heteroatoms. The Labute approximate surface area is 123 Å². The molecule has 1 N–H and O–H groups in total. The second kappa shape index (κ2) is 4.28. The van der Waals surface area contributed by atoms with Gasteiger partial charge in [0.2, 0.25) is 20.7 Å². The highest BCUT2D eigenvalue weighted by Crippen LogP contribution is 2.31. The number of hydrogen-bond acceptors (Lipinski definition) is 4. The second-order valence-electron chi connectivity index (χ2n) is 4.34. The molecule has 3 rings (SSSR count). The van der Waals surface area contributed by atoms with Crippen LogP contribution in [-0.4, -0.2) is 28.4 Å². The van der Waals surface area contributed by atoms with E-state index in [2.05, 4.69) is 0 Å². The van der Waals surface area contributed by atoms with Crippen LogP contribution >= 0.6 is 23.2 Å². The fourth-order valence-electron chi connectivity index (χ4n) is 2.23. The molecular weight excluding hydrogens is 327 g/mol. The molecule has 0 fully saturated rings. The van der Waals surface area contributed by atoms with Gasteiger partial charge in [0.1, 0.15) is 0 Å². The number of imidazole rings is 1. The molecule has 0 unspecified atom stereocenters. The van der Waals surface area contributed by atoms with E-state index >= 15 is 0 Å². The maximum Gasteiger partial charge on any atom is 0.336 e. The van der Waals surface area contributed by atoms with Gasteiger partial charge in [0.25, 0.3) is 0 Å². The normalized spacial score (nSPS) is 16.3. The van der Waals surface area contributed by atoms with Crippen LogP contribution in [0.3, 0.4) is 0 Å². The minimum atomic E-state index is -3.64. The van der Waals surface area contributed by atoms with Gasteiger partial charge in [-0.15, -0.1) is 0 Å². The quantitative estimate of drug-likeness (QED) is 0.855. The summed E-state index contributed by atoms with van der Waals surface area (Å²) < 4.78 is 25.5. The molecule has 0 atom stereocenters. The largest absolute Gasteiger partial charge is 0.492 e. The summed E-state index contributed by atoms with van der Waals surface area (Å²) in [6.07, 6.45) is 0. The van der Waals surface area contributed by atoms with Crippen LogP contribution < -0.4 is 5.69 Å². The number of benzene rings is 1. The van der Waals surface area contributed by atoms with E-state index in [0.29, 0.717) is 0 Å². The van der Waals surface area contributed by atoms with Crippen LogP contribution in [0.5, 0.6) is 5.88 Å². The lowest BCUT2D eigenvalue weighted by atomic mass is 10.3. The number of aromatic hydroxyl groups is 1. The standard InChI is InChI=1S/C11H8Cl2N2O4S/c12-6-3-7(13)5-8(4-6)15-9(16)10-14(11(15)17)1-2-20(10,18)19/h3-5,16H,1-2H2. The fourth-order valence-corrected chi connectivity index (χ4v) is 4.23. The van der Waals surface area contributed by atoms with E-state index < -0.39 is 21.4 Å². The molecule has 1 aromatic carbocycles. The second-order valence-corrected chi connectivity index (χ2v) is 7.24. The van der Waals surface area contributed by atoms with Crippen molar-refractivity contribution in [2.24, 2.45) is 0 Å². The first-order chi connectivity index (χ1) is 9.31. The number of sulfone groups is 1. The number of aromatic nitrogens is 2. The van der Waals surface area contributed by atoms with Crippen molar-refractivity contribution >= 4 is 33.0 Å². The summed E-state index contributed by atoms with van der Waals surface area (Å²) in [5.74, 6) is -0.812. The average molecular weight is 335 g/mol. The maximum atomic E-state index is 12.2. The van der Waals surface area contributed by atoms with Crippen molar-refractivity contribution in [1.82, 2.24) is 9.13 Å². The van der Waals surface area contributed by atoms with Crippen LogP contribution in [0, 0.1) is 0 Å². The predicted octanol–water partition coefficient (Wildman–Crippen LogP) is 1.44. The fraction of sp³-hybridized carbons (Fsp3) is 0.182. The van der Waals surface area contributed by atoms with E-state index in [4.69, 9.17) is 23.2 Å². The Hall–Kier alpha value is -1.44. The Balaban J connectivity index is 2.35. The molecule has 106 valence electrons. The molecule has 1 aliphatic heterocycles. The number of rotatable bonds is 1. The van der Waals surface area contributed by atoms with Gasteiger partial charge in [-0.05, 0) is 18.2 Å². The first-order valence-corrected chi connectivity index (χ1v) is 7.96. The van der Waals surface area contributed by atoms with Gasteiger partial charge in [0.15, 0.2) is 0 Å². The predicted molar refractivity (Wildman–Crippen MR) is 73.8 cm³/mol. The van der Waals surface area contributed by atoms with Crippen LogP contribution in [0.2, 0.25) is 10.0 Å². The van der Waals surface area contributed by atoms with Gasteiger partial charge in [0.05, 0.1) is 11.4 Å². The first-order valence-electron chi connectivity index (χ1n) is 5.55. The molecule has 0 amide bonds. The van der Waals surface area contributed by atoms with Crippen LogP contribution in [0.25, 0.3) is 5.69 Å². The van der Waals surface area contributed by atoms with Crippen molar-refractivity contribution in [3.8, 4) is 11.6 Å². The van der Waals surface area contributed by atoms with Crippen molar-refractivity contribution in [1.29, 1.82) is 0 Å². The minimum Gasteiger partial charge on any atom is -0.492 e. The van der Waals surface area contributed by atoms with E-state index in [0.717, 1.165) is 9.13 Å². The molecule has 1 aromatic heterocycles. The summed E-state index contributed by atoms with van der Waals surface area (Å²) in [5, 5.41) is 10.3. The third kappa shape index (κ3) is 1.85. The monoisotopic (exact) mass is 334 g/mol. The van der Waals surface area contributed by atoms with Gasteiger partial charge in [-0.2, -0.15) is 0 Å². The highest BCUT2D eigenvalue weighted by Gasteiger charge is 2.35. The van der Waals surface area contributed by atoms with Gasteiger partial charge in [-0.3, -0.25) is 4.57 Å². The molecule has 6 nitrogen and oxygen atoms in total. The molecule has 0 saturated carbocycles. The zero-order valence-corrected chi connectivity index (χ0v) is 12.2. The number of nitrogens with zero attached hydrogens (tertiary/aromatic N) is 2. The van der Waals surface area contributed by atoms with Gasteiger partial charge in [-0.25, -0.2) is 17.8 Å². The minimum absolute atomic E-state index is 0.0192. The van der Waals surface area contributed by atoms with Crippen molar-refractivity contribution in [3.63, 3.8) is 0 Å². The smallest absolute Gasteiger partial charge is 0.336 e. The zero-order valence-electron chi connectivity index (χ0n) is 9.88. The highest BCUT2D eigenvalue weighted by molar-refractivity contribution is 7.91. The number of halogens is 2. The molecular formula is C11H8Cl2N2O4S. The van der Waals surface area contributed by atoms with Gasteiger partial charge < -0.3 is 5.11 Å². The molecule has 1 aliphatic rings. The van der Waals surface area contributed by atoms with Gasteiger partial charge >= 0.3 is 5.69 Å². The lowest BCUT2D eigenvalue weighted by molar-refractivity contribution is 0.424. The Kier molecular flexibility index (Phi) is 2.89. The Bertz CT molecular complexity index is 862. The SMILES string of the molecule is O=c1n2c(c(O)n1-c1cc(Cl)cc(Cl)c1)S(=O)(=O)CC2. The number of fused-ring (bicyclic) bond motifs is 1. The summed E-state index contributed by atoms with van der Waals surface area (Å²) in [5.41, 5.74) is -0.431. The van der Waals surface area contributed by atoms with Crippen molar-refractivity contribution in [2.45, 2.75) is 11.6 Å². The van der Waals surface area contributed by atoms with Crippen molar-refractivity contribution in [3.05, 3.63) is 38.7 Å². The Morgan fingerprint density at radius 2 is 1.75 bits per heavy atom. The maximum absolute atomic E-state index is 12.2. The van der Waals surface area contributed by atoms with Crippen LogP contribution in [0.4, 0.5) is 0 Å². The topological polar surface area (TPSA) is 81.3 Å². The molecule has 0 spiro atoms. The molecule has 0 aliphatic carbocycles. The molecule has 2 aromatic rings. The highest BCUT2D eigenvalue weighted by atomic mass is 35.5. The molecule has 20 heavy (non-hydrogen) atoms. The van der Waals surface area contributed by atoms with Gasteiger partial charge in [0, 0.05) is 16.6 Å². The van der Waals surface area contributed by atoms with E-state index in [1.807, 2.05) is 0 Å². The van der Waals surface area contributed by atoms with Crippen LogP contribution in [0.1, 0.15) is 0 Å². The van der Waals surface area contributed by atoms with Crippen molar-refractivity contribution < 1.29 is 13.5 Å². The van der Waals surface area contributed by atoms with Gasteiger partial charge in [-0.1, -0.05) is 23.2 Å². The van der Waals surface area contributed by atoms with Crippen molar-refractivity contribution in [2.75, 3.05) is 5.75 Å². The summed E-state index contributed by atoms with van der Waals surface area (Å²) >= 11 is 11.7. The van der Waals surface area contributed by atoms with E-state index in [1.54, 1.807) is 0 Å². The van der Waals surface area contributed by atoms with Crippen LogP contribution in [0.15, 0.2) is 28.0 Å². The van der Waals surface area contributed by atoms with E-state index in [-0.39, 0.29) is 33.1 Å². The molecule has 0 bridgehead atoms.